The largest absolute Gasteiger partial charge is 0.573 e. The van der Waals surface area contributed by atoms with Crippen LogP contribution in [0.4, 0.5) is 13.2 Å². The van der Waals surface area contributed by atoms with E-state index in [0.29, 0.717) is 10.9 Å². The SMILES string of the molecule is COc1ccc(-c2ccc3cc(OC(F)(F)F)ccc3n2)cc1. The molecule has 0 saturated heterocycles. The summed E-state index contributed by atoms with van der Waals surface area (Å²) >= 11 is 0. The highest BCUT2D eigenvalue weighted by Gasteiger charge is 2.31. The fraction of sp³-hybridized carbons (Fsp3) is 0.118. The molecule has 0 saturated carbocycles. The number of hydrogen-bond donors (Lipinski definition) is 0. The smallest absolute Gasteiger partial charge is 0.497 e. The number of aromatic nitrogens is 1. The zero-order valence-electron chi connectivity index (χ0n) is 12.1. The van der Waals surface area contributed by atoms with Gasteiger partial charge in [-0.05, 0) is 48.5 Å². The molecule has 0 amide bonds. The molecule has 0 atom stereocenters. The zero-order valence-corrected chi connectivity index (χ0v) is 12.1. The Balaban J connectivity index is 1.94. The molecule has 0 unspecified atom stereocenters. The van der Waals surface area contributed by atoms with E-state index in [0.717, 1.165) is 17.0 Å². The molecule has 3 rings (SSSR count). The Morgan fingerprint density at radius 1 is 0.870 bits per heavy atom. The van der Waals surface area contributed by atoms with Crippen molar-refractivity contribution in [2.75, 3.05) is 7.11 Å². The first-order valence-electron chi connectivity index (χ1n) is 6.75. The van der Waals surface area contributed by atoms with Crippen LogP contribution in [0.3, 0.4) is 0 Å². The Bertz CT molecular complexity index is 829. The highest BCUT2D eigenvalue weighted by molar-refractivity contribution is 5.83. The van der Waals surface area contributed by atoms with Crippen molar-refractivity contribution in [1.29, 1.82) is 0 Å². The Morgan fingerprint density at radius 2 is 1.57 bits per heavy atom. The highest BCUT2D eigenvalue weighted by atomic mass is 19.4. The first kappa shape index (κ1) is 15.1. The lowest BCUT2D eigenvalue weighted by molar-refractivity contribution is -0.274. The Hall–Kier alpha value is -2.76. The number of benzene rings is 2. The first-order chi connectivity index (χ1) is 10.9. The molecule has 23 heavy (non-hydrogen) atoms. The maximum absolute atomic E-state index is 12.2. The van der Waals surface area contributed by atoms with Gasteiger partial charge in [0, 0.05) is 10.9 Å². The Labute approximate surface area is 130 Å². The molecule has 0 N–H and O–H groups in total. The van der Waals surface area contributed by atoms with Crippen LogP contribution in [-0.2, 0) is 0 Å². The number of fused-ring (bicyclic) bond motifs is 1. The van der Waals surface area contributed by atoms with E-state index in [2.05, 4.69) is 9.72 Å². The maximum atomic E-state index is 12.2. The van der Waals surface area contributed by atoms with Gasteiger partial charge in [0.2, 0.25) is 0 Å². The van der Waals surface area contributed by atoms with Crippen LogP contribution in [0.2, 0.25) is 0 Å². The van der Waals surface area contributed by atoms with Gasteiger partial charge in [0.05, 0.1) is 18.3 Å². The molecule has 2 aromatic carbocycles. The molecule has 1 aromatic heterocycles. The molecule has 3 nitrogen and oxygen atoms in total. The van der Waals surface area contributed by atoms with E-state index < -0.39 is 6.36 Å². The summed E-state index contributed by atoms with van der Waals surface area (Å²) in [6.45, 7) is 0. The number of pyridine rings is 1. The van der Waals surface area contributed by atoms with Crippen LogP contribution in [0, 0.1) is 0 Å². The minimum atomic E-state index is -4.70. The van der Waals surface area contributed by atoms with Crippen LogP contribution in [-0.4, -0.2) is 18.5 Å². The molecular formula is C17H12F3NO2. The van der Waals surface area contributed by atoms with Crippen LogP contribution in [0.5, 0.6) is 11.5 Å². The molecule has 0 bridgehead atoms. The summed E-state index contributed by atoms with van der Waals surface area (Å²) < 4.78 is 45.7. The van der Waals surface area contributed by atoms with Crippen molar-refractivity contribution in [3.05, 3.63) is 54.6 Å². The second-order valence-electron chi connectivity index (χ2n) is 4.83. The molecular weight excluding hydrogens is 307 g/mol. The van der Waals surface area contributed by atoms with Crippen LogP contribution >= 0.6 is 0 Å². The van der Waals surface area contributed by atoms with Crippen molar-refractivity contribution < 1.29 is 22.6 Å². The summed E-state index contributed by atoms with van der Waals surface area (Å²) in [5.41, 5.74) is 2.21. The fourth-order valence-corrected chi connectivity index (χ4v) is 2.22. The van der Waals surface area contributed by atoms with Crippen LogP contribution in [0.15, 0.2) is 54.6 Å². The van der Waals surface area contributed by atoms with Gasteiger partial charge in [0.15, 0.2) is 0 Å². The quantitative estimate of drug-likeness (QED) is 0.694. The van der Waals surface area contributed by atoms with Gasteiger partial charge in [-0.2, -0.15) is 0 Å². The van der Waals surface area contributed by atoms with Gasteiger partial charge in [-0.25, -0.2) is 4.98 Å². The molecule has 0 spiro atoms. The van der Waals surface area contributed by atoms with Crippen molar-refractivity contribution in [3.8, 4) is 22.8 Å². The third-order valence-corrected chi connectivity index (χ3v) is 3.28. The van der Waals surface area contributed by atoms with Gasteiger partial charge >= 0.3 is 6.36 Å². The van der Waals surface area contributed by atoms with E-state index in [1.807, 2.05) is 24.3 Å². The predicted molar refractivity (Wildman–Crippen MR) is 80.4 cm³/mol. The Kier molecular flexibility index (Phi) is 3.82. The molecule has 0 radical (unpaired) electrons. The van der Waals surface area contributed by atoms with E-state index in [1.54, 1.807) is 19.2 Å². The van der Waals surface area contributed by atoms with Gasteiger partial charge in [-0.1, -0.05) is 6.07 Å². The summed E-state index contributed by atoms with van der Waals surface area (Å²) in [6, 6.07) is 14.9. The molecule has 1 heterocycles. The second-order valence-corrected chi connectivity index (χ2v) is 4.83. The van der Waals surface area contributed by atoms with Gasteiger partial charge in [0.1, 0.15) is 11.5 Å². The van der Waals surface area contributed by atoms with Crippen LogP contribution in [0.1, 0.15) is 0 Å². The molecule has 0 aliphatic rings. The number of hydrogen-bond acceptors (Lipinski definition) is 3. The molecule has 118 valence electrons. The first-order valence-corrected chi connectivity index (χ1v) is 6.75. The minimum Gasteiger partial charge on any atom is -0.497 e. The maximum Gasteiger partial charge on any atom is 0.573 e. The second kappa shape index (κ2) is 5.79. The average molecular weight is 319 g/mol. The molecule has 0 aliphatic carbocycles. The Morgan fingerprint density at radius 3 is 2.22 bits per heavy atom. The lowest BCUT2D eigenvalue weighted by Gasteiger charge is -2.10. The van der Waals surface area contributed by atoms with E-state index in [4.69, 9.17) is 4.74 Å². The van der Waals surface area contributed by atoms with Crippen molar-refractivity contribution in [1.82, 2.24) is 4.98 Å². The normalized spacial score (nSPS) is 11.5. The van der Waals surface area contributed by atoms with Crippen molar-refractivity contribution in [3.63, 3.8) is 0 Å². The predicted octanol–water partition coefficient (Wildman–Crippen LogP) is 4.81. The molecule has 0 aliphatic heterocycles. The van der Waals surface area contributed by atoms with Crippen molar-refractivity contribution in [2.45, 2.75) is 6.36 Å². The standard InChI is InChI=1S/C17H12F3NO2/c1-22-13-5-2-11(3-6-13)15-8-4-12-10-14(23-17(18,19)20)7-9-16(12)21-15/h2-10H,1H3. The van der Waals surface area contributed by atoms with Gasteiger partial charge in [0.25, 0.3) is 0 Å². The lowest BCUT2D eigenvalue weighted by atomic mass is 10.1. The highest BCUT2D eigenvalue weighted by Crippen LogP contribution is 2.28. The van der Waals surface area contributed by atoms with E-state index in [1.165, 1.54) is 18.2 Å². The summed E-state index contributed by atoms with van der Waals surface area (Å²) in [6.07, 6.45) is -4.70. The summed E-state index contributed by atoms with van der Waals surface area (Å²) in [5.74, 6) is 0.479. The topological polar surface area (TPSA) is 31.4 Å². The molecule has 3 aromatic rings. The van der Waals surface area contributed by atoms with Gasteiger partial charge in [-0.15, -0.1) is 13.2 Å². The third kappa shape index (κ3) is 3.53. The lowest BCUT2D eigenvalue weighted by Crippen LogP contribution is -2.17. The van der Waals surface area contributed by atoms with Crippen molar-refractivity contribution >= 4 is 10.9 Å². The van der Waals surface area contributed by atoms with Gasteiger partial charge in [-0.3, -0.25) is 0 Å². The third-order valence-electron chi connectivity index (χ3n) is 3.28. The van der Waals surface area contributed by atoms with E-state index >= 15 is 0 Å². The number of methoxy groups -OCH3 is 1. The number of nitrogens with zero attached hydrogens (tertiary/aromatic N) is 1. The monoisotopic (exact) mass is 319 g/mol. The molecule has 0 fully saturated rings. The summed E-state index contributed by atoms with van der Waals surface area (Å²) in [5, 5.41) is 0.573. The number of ether oxygens (including phenoxy) is 2. The van der Waals surface area contributed by atoms with E-state index in [-0.39, 0.29) is 5.75 Å². The summed E-state index contributed by atoms with van der Waals surface area (Å²) in [4.78, 5) is 4.46. The number of alkyl halides is 3. The summed E-state index contributed by atoms with van der Waals surface area (Å²) in [7, 11) is 1.59. The fourth-order valence-electron chi connectivity index (χ4n) is 2.22. The minimum absolute atomic E-state index is 0.260. The number of halogens is 3. The van der Waals surface area contributed by atoms with E-state index in [9.17, 15) is 13.2 Å². The zero-order chi connectivity index (χ0) is 16.4. The van der Waals surface area contributed by atoms with Crippen LogP contribution < -0.4 is 9.47 Å². The van der Waals surface area contributed by atoms with Gasteiger partial charge < -0.3 is 9.47 Å². The molecule has 6 heteroatoms. The van der Waals surface area contributed by atoms with Crippen LogP contribution in [0.25, 0.3) is 22.2 Å². The number of rotatable bonds is 3. The van der Waals surface area contributed by atoms with Crippen molar-refractivity contribution in [2.24, 2.45) is 0 Å². The average Bonchev–Trinajstić information content (AvgIpc) is 2.53.